The third-order valence-electron chi connectivity index (χ3n) is 4.33. The molecule has 126 valence electrons. The van der Waals surface area contributed by atoms with Gasteiger partial charge in [0.05, 0.1) is 6.04 Å². The number of benzene rings is 2. The Kier molecular flexibility index (Phi) is 5.13. The number of cyclic esters (lactones) is 1. The number of ether oxygens (including phenoxy) is 1. The van der Waals surface area contributed by atoms with Gasteiger partial charge in [-0.1, -0.05) is 60.7 Å². The van der Waals surface area contributed by atoms with Crippen LogP contribution in [0.15, 0.2) is 60.7 Å². The van der Waals surface area contributed by atoms with Crippen LogP contribution >= 0.6 is 0 Å². The highest BCUT2D eigenvalue weighted by molar-refractivity contribution is 5.70. The smallest absolute Gasteiger partial charge is 0.407 e. The van der Waals surface area contributed by atoms with Crippen molar-refractivity contribution in [1.29, 1.82) is 0 Å². The Morgan fingerprint density at radius 2 is 1.62 bits per heavy atom. The van der Waals surface area contributed by atoms with Crippen LogP contribution < -0.4 is 11.1 Å². The number of nitrogens with two attached hydrogens (primary N) is 1. The van der Waals surface area contributed by atoms with Crippen LogP contribution in [0.25, 0.3) is 0 Å². The van der Waals surface area contributed by atoms with Crippen molar-refractivity contribution in [1.82, 2.24) is 5.32 Å². The van der Waals surface area contributed by atoms with E-state index in [-0.39, 0.29) is 6.04 Å². The summed E-state index contributed by atoms with van der Waals surface area (Å²) < 4.78 is 5.29. The Labute approximate surface area is 141 Å². The van der Waals surface area contributed by atoms with Gasteiger partial charge in [-0.05, 0) is 24.0 Å². The van der Waals surface area contributed by atoms with E-state index in [1.807, 2.05) is 60.7 Å². The summed E-state index contributed by atoms with van der Waals surface area (Å²) >= 11 is 0. The first-order valence-electron chi connectivity index (χ1n) is 8.12. The van der Waals surface area contributed by atoms with E-state index in [1.54, 1.807) is 0 Å². The summed E-state index contributed by atoms with van der Waals surface area (Å²) in [7, 11) is 0. The van der Waals surface area contributed by atoms with Crippen molar-refractivity contribution in [3.8, 4) is 0 Å². The predicted octanol–water partition coefficient (Wildman–Crippen LogP) is 1.64. The first kappa shape index (κ1) is 16.5. The third kappa shape index (κ3) is 3.93. The summed E-state index contributed by atoms with van der Waals surface area (Å²) in [6.45, 7) is 0. The van der Waals surface area contributed by atoms with E-state index in [2.05, 4.69) is 5.32 Å². The molecular weight excluding hydrogens is 304 g/mol. The molecule has 5 heteroatoms. The van der Waals surface area contributed by atoms with E-state index in [1.165, 1.54) is 0 Å². The fourth-order valence-corrected chi connectivity index (χ4v) is 3.07. The molecule has 0 unspecified atom stereocenters. The van der Waals surface area contributed by atoms with Crippen LogP contribution in [0.1, 0.15) is 11.1 Å². The van der Waals surface area contributed by atoms with Crippen molar-refractivity contribution < 1.29 is 14.6 Å². The Morgan fingerprint density at radius 3 is 2.25 bits per heavy atom. The minimum Gasteiger partial charge on any atom is -0.441 e. The van der Waals surface area contributed by atoms with E-state index in [4.69, 9.17) is 10.5 Å². The summed E-state index contributed by atoms with van der Waals surface area (Å²) in [4.78, 5) is 11.7. The molecule has 4 atom stereocenters. The van der Waals surface area contributed by atoms with Gasteiger partial charge in [0.2, 0.25) is 0 Å². The first-order valence-corrected chi connectivity index (χ1v) is 8.12. The predicted molar refractivity (Wildman–Crippen MR) is 91.5 cm³/mol. The Hall–Kier alpha value is -2.37. The van der Waals surface area contributed by atoms with Gasteiger partial charge >= 0.3 is 6.09 Å². The Balaban J connectivity index is 1.67. The van der Waals surface area contributed by atoms with Crippen LogP contribution in [0.5, 0.6) is 0 Å². The SMILES string of the molecule is N[C@H](Cc1ccccc1)[C@H](O)[C@H]1OC(=O)N[C@@H]1Cc1ccccc1. The van der Waals surface area contributed by atoms with Crippen LogP contribution in [-0.2, 0) is 17.6 Å². The van der Waals surface area contributed by atoms with Crippen molar-refractivity contribution in [2.24, 2.45) is 5.73 Å². The lowest BCUT2D eigenvalue weighted by atomic mass is 9.92. The van der Waals surface area contributed by atoms with Crippen molar-refractivity contribution in [3.63, 3.8) is 0 Å². The van der Waals surface area contributed by atoms with Gasteiger partial charge in [0.1, 0.15) is 6.10 Å². The number of carbonyl (C=O) groups excluding carboxylic acids is 1. The van der Waals surface area contributed by atoms with Gasteiger partial charge in [-0.3, -0.25) is 0 Å². The highest BCUT2D eigenvalue weighted by atomic mass is 16.6. The van der Waals surface area contributed by atoms with Gasteiger partial charge in [-0.15, -0.1) is 0 Å². The number of amides is 1. The number of aliphatic hydroxyl groups is 1. The van der Waals surface area contributed by atoms with Crippen LogP contribution in [0.3, 0.4) is 0 Å². The number of aliphatic hydroxyl groups excluding tert-OH is 1. The lowest BCUT2D eigenvalue weighted by Crippen LogP contribution is -2.50. The Morgan fingerprint density at radius 1 is 1.04 bits per heavy atom. The molecule has 1 saturated heterocycles. The molecule has 1 fully saturated rings. The first-order chi connectivity index (χ1) is 11.6. The van der Waals surface area contributed by atoms with Gasteiger partial charge in [0.15, 0.2) is 6.10 Å². The zero-order chi connectivity index (χ0) is 16.9. The zero-order valence-electron chi connectivity index (χ0n) is 13.3. The molecular formula is C19H22N2O3. The van der Waals surface area contributed by atoms with Crippen LogP contribution in [-0.4, -0.2) is 35.5 Å². The monoisotopic (exact) mass is 326 g/mol. The molecule has 1 heterocycles. The fourth-order valence-electron chi connectivity index (χ4n) is 3.07. The highest BCUT2D eigenvalue weighted by Crippen LogP contribution is 2.20. The van der Waals surface area contributed by atoms with Gasteiger partial charge in [-0.25, -0.2) is 4.79 Å². The summed E-state index contributed by atoms with van der Waals surface area (Å²) in [6, 6.07) is 18.7. The topological polar surface area (TPSA) is 84.6 Å². The number of hydrogen-bond donors (Lipinski definition) is 3. The standard InChI is InChI=1S/C19H22N2O3/c20-15(11-13-7-3-1-4-8-13)17(22)18-16(21-19(23)24-18)12-14-9-5-2-6-10-14/h1-10,15-18,22H,11-12,20H2,(H,21,23)/t15-,16-,17+,18+/m1/s1. The molecule has 0 aromatic heterocycles. The second kappa shape index (κ2) is 7.47. The van der Waals surface area contributed by atoms with E-state index >= 15 is 0 Å². The summed E-state index contributed by atoms with van der Waals surface area (Å²) in [6.07, 6.45) is -0.985. The maximum absolute atomic E-state index is 11.7. The molecule has 0 saturated carbocycles. The second-order valence-corrected chi connectivity index (χ2v) is 6.15. The van der Waals surface area contributed by atoms with Crippen molar-refractivity contribution in [2.45, 2.75) is 37.1 Å². The molecule has 0 aliphatic carbocycles. The molecule has 4 N–H and O–H groups in total. The van der Waals surface area contributed by atoms with E-state index in [0.717, 1.165) is 11.1 Å². The van der Waals surface area contributed by atoms with Crippen molar-refractivity contribution >= 4 is 6.09 Å². The molecule has 2 aromatic carbocycles. The number of hydrogen-bond acceptors (Lipinski definition) is 4. The molecule has 0 bridgehead atoms. The quantitative estimate of drug-likeness (QED) is 0.753. The molecule has 0 radical (unpaired) electrons. The lowest BCUT2D eigenvalue weighted by molar-refractivity contribution is 0.00478. The molecule has 0 spiro atoms. The highest BCUT2D eigenvalue weighted by Gasteiger charge is 2.41. The van der Waals surface area contributed by atoms with Crippen LogP contribution in [0.2, 0.25) is 0 Å². The second-order valence-electron chi connectivity index (χ2n) is 6.15. The number of carbonyl (C=O) groups is 1. The maximum atomic E-state index is 11.7. The normalized spacial score (nSPS) is 22.5. The average molecular weight is 326 g/mol. The minimum atomic E-state index is -0.933. The number of alkyl carbamates (subject to hydrolysis) is 1. The van der Waals surface area contributed by atoms with E-state index in [0.29, 0.717) is 12.8 Å². The van der Waals surface area contributed by atoms with Gasteiger partial charge in [0.25, 0.3) is 0 Å². The minimum absolute atomic E-state index is 0.295. The zero-order valence-corrected chi connectivity index (χ0v) is 13.3. The summed E-state index contributed by atoms with van der Waals surface area (Å²) in [5.41, 5.74) is 8.27. The third-order valence-corrected chi connectivity index (χ3v) is 4.33. The largest absolute Gasteiger partial charge is 0.441 e. The van der Waals surface area contributed by atoms with E-state index in [9.17, 15) is 9.90 Å². The molecule has 2 aromatic rings. The molecule has 1 aliphatic heterocycles. The molecule has 3 rings (SSSR count). The van der Waals surface area contributed by atoms with Gasteiger partial charge < -0.3 is 20.9 Å². The van der Waals surface area contributed by atoms with Crippen LogP contribution in [0.4, 0.5) is 4.79 Å². The molecule has 1 amide bonds. The van der Waals surface area contributed by atoms with Crippen molar-refractivity contribution in [2.75, 3.05) is 0 Å². The van der Waals surface area contributed by atoms with Gasteiger partial charge in [0, 0.05) is 6.04 Å². The van der Waals surface area contributed by atoms with Crippen LogP contribution in [0, 0.1) is 0 Å². The Bertz CT molecular complexity index is 663. The molecule has 5 nitrogen and oxygen atoms in total. The average Bonchev–Trinajstić information content (AvgIpc) is 2.96. The molecule has 24 heavy (non-hydrogen) atoms. The lowest BCUT2D eigenvalue weighted by Gasteiger charge is -2.27. The molecule has 1 aliphatic rings. The van der Waals surface area contributed by atoms with Crippen molar-refractivity contribution in [3.05, 3.63) is 71.8 Å². The number of rotatable bonds is 6. The van der Waals surface area contributed by atoms with Gasteiger partial charge in [-0.2, -0.15) is 0 Å². The van der Waals surface area contributed by atoms with E-state index < -0.39 is 24.3 Å². The fraction of sp³-hybridized carbons (Fsp3) is 0.316. The summed E-state index contributed by atoms with van der Waals surface area (Å²) in [5, 5.41) is 13.4. The summed E-state index contributed by atoms with van der Waals surface area (Å²) in [5.74, 6) is 0. The maximum Gasteiger partial charge on any atom is 0.407 e. The number of nitrogens with one attached hydrogen (secondary N) is 1.